The van der Waals surface area contributed by atoms with Crippen molar-refractivity contribution in [1.29, 1.82) is 0 Å². The van der Waals surface area contributed by atoms with E-state index in [1.54, 1.807) is 25.4 Å². The van der Waals surface area contributed by atoms with Crippen molar-refractivity contribution in [3.63, 3.8) is 0 Å². The lowest BCUT2D eigenvalue weighted by atomic mass is 9.98. The number of hydrogen-bond donors (Lipinski definition) is 2. The van der Waals surface area contributed by atoms with Crippen LogP contribution in [0.2, 0.25) is 0 Å². The number of thioether (sulfide) groups is 1. The van der Waals surface area contributed by atoms with Crippen molar-refractivity contribution in [1.82, 2.24) is 25.0 Å². The Morgan fingerprint density at radius 1 is 1.23 bits per heavy atom. The monoisotopic (exact) mass is 438 g/mol. The molecule has 2 fully saturated rings. The number of likely N-dealkylation sites (tertiary alicyclic amines) is 1. The van der Waals surface area contributed by atoms with Crippen LogP contribution in [0, 0.1) is 0 Å². The molecule has 1 amide bonds. The molecule has 0 saturated carbocycles. The molecule has 0 radical (unpaired) electrons. The van der Waals surface area contributed by atoms with Crippen molar-refractivity contribution in [2.45, 2.75) is 24.5 Å². The predicted molar refractivity (Wildman–Crippen MR) is 116 cm³/mol. The molecule has 0 spiro atoms. The second-order valence-electron chi connectivity index (χ2n) is 7.79. The van der Waals surface area contributed by atoms with E-state index in [4.69, 9.17) is 4.52 Å². The van der Waals surface area contributed by atoms with Gasteiger partial charge >= 0.3 is 0 Å². The van der Waals surface area contributed by atoms with Crippen molar-refractivity contribution in [2.24, 2.45) is 0 Å². The molecule has 31 heavy (non-hydrogen) atoms. The van der Waals surface area contributed by atoms with Crippen LogP contribution in [0.25, 0.3) is 22.8 Å². The third-order valence-corrected chi connectivity index (χ3v) is 6.78. The van der Waals surface area contributed by atoms with Gasteiger partial charge in [0.15, 0.2) is 5.76 Å². The fourth-order valence-electron chi connectivity index (χ4n) is 3.79. The molecular weight excluding hydrogens is 416 g/mol. The molecule has 2 aliphatic heterocycles. The topological polar surface area (TPSA) is 117 Å². The molecule has 9 nitrogen and oxygen atoms in total. The summed E-state index contributed by atoms with van der Waals surface area (Å²) in [5, 5.41) is 18.2. The normalized spacial score (nSPS) is 23.5. The maximum absolute atomic E-state index is 12.3. The fourth-order valence-corrected chi connectivity index (χ4v) is 4.95. The molecule has 160 valence electrons. The second kappa shape index (κ2) is 7.93. The molecule has 2 aliphatic rings. The molecule has 5 rings (SSSR count). The SMILES string of the molecule is CN1CC[C@@](O)(c2cc(-c3cccc(-c4ccnc(N[C@@H]5CCSC5)n4)n3)no2)C1=O. The Kier molecular flexibility index (Phi) is 5.11. The van der Waals surface area contributed by atoms with Crippen molar-refractivity contribution < 1.29 is 14.4 Å². The molecule has 5 heterocycles. The lowest BCUT2D eigenvalue weighted by Gasteiger charge is -2.16. The van der Waals surface area contributed by atoms with E-state index in [1.165, 1.54) is 4.90 Å². The second-order valence-corrected chi connectivity index (χ2v) is 8.94. The summed E-state index contributed by atoms with van der Waals surface area (Å²) in [5.41, 5.74) is 0.699. The number of aromatic nitrogens is 4. The molecular formula is C21H22N6O3S. The number of aliphatic hydroxyl groups is 1. The highest BCUT2D eigenvalue weighted by Crippen LogP contribution is 2.34. The largest absolute Gasteiger partial charge is 0.373 e. The standard InChI is InChI=1S/C21H22N6O3S/c1-27-9-7-21(29,19(27)28)18-11-17(26-30-18)15-4-2-3-14(24-15)16-5-8-22-20(25-16)23-13-6-10-31-12-13/h2-5,8,11,13,29H,6-7,9-10,12H2,1H3,(H,22,23,25)/t13-,21-/m1/s1. The quantitative estimate of drug-likeness (QED) is 0.618. The fraction of sp³-hybridized carbons (Fsp3) is 0.381. The van der Waals surface area contributed by atoms with E-state index in [0.717, 1.165) is 17.9 Å². The molecule has 10 heteroatoms. The number of hydrogen-bond acceptors (Lipinski definition) is 9. The molecule has 0 aliphatic carbocycles. The molecule has 2 saturated heterocycles. The Labute approximate surface area is 183 Å². The van der Waals surface area contributed by atoms with Crippen molar-refractivity contribution >= 4 is 23.6 Å². The van der Waals surface area contributed by atoms with Gasteiger partial charge in [-0.1, -0.05) is 11.2 Å². The zero-order valence-corrected chi connectivity index (χ0v) is 17.8. The van der Waals surface area contributed by atoms with Crippen LogP contribution in [0.15, 0.2) is 41.1 Å². The molecule has 2 N–H and O–H groups in total. The van der Waals surface area contributed by atoms with Gasteiger partial charge in [-0.05, 0) is 30.4 Å². The number of carbonyl (C=O) groups excluding carboxylic acids is 1. The van der Waals surface area contributed by atoms with Crippen LogP contribution >= 0.6 is 11.8 Å². The number of nitrogens with one attached hydrogen (secondary N) is 1. The van der Waals surface area contributed by atoms with Crippen LogP contribution in [0.3, 0.4) is 0 Å². The number of anilines is 1. The van der Waals surface area contributed by atoms with Crippen LogP contribution in [0.4, 0.5) is 5.95 Å². The maximum atomic E-state index is 12.3. The average molecular weight is 439 g/mol. The summed E-state index contributed by atoms with van der Waals surface area (Å²) in [6, 6.07) is 9.30. The maximum Gasteiger partial charge on any atom is 0.262 e. The molecule has 0 bridgehead atoms. The highest BCUT2D eigenvalue weighted by atomic mass is 32.2. The van der Waals surface area contributed by atoms with Crippen LogP contribution in [-0.2, 0) is 10.4 Å². The van der Waals surface area contributed by atoms with E-state index >= 15 is 0 Å². The van der Waals surface area contributed by atoms with E-state index in [1.807, 2.05) is 30.0 Å². The number of carbonyl (C=O) groups is 1. The van der Waals surface area contributed by atoms with Gasteiger partial charge in [0.2, 0.25) is 11.5 Å². The molecule has 3 aromatic rings. The van der Waals surface area contributed by atoms with E-state index in [2.05, 4.69) is 25.4 Å². The van der Waals surface area contributed by atoms with Gasteiger partial charge in [-0.15, -0.1) is 0 Å². The lowest BCUT2D eigenvalue weighted by molar-refractivity contribution is -0.144. The third kappa shape index (κ3) is 3.77. The van der Waals surface area contributed by atoms with Gasteiger partial charge in [-0.3, -0.25) is 4.79 Å². The smallest absolute Gasteiger partial charge is 0.262 e. The van der Waals surface area contributed by atoms with Crippen molar-refractivity contribution in [3.05, 3.63) is 42.3 Å². The Morgan fingerprint density at radius 2 is 2.03 bits per heavy atom. The van der Waals surface area contributed by atoms with Crippen LogP contribution in [-0.4, -0.2) is 67.2 Å². The minimum Gasteiger partial charge on any atom is -0.373 e. The number of pyridine rings is 1. The lowest BCUT2D eigenvalue weighted by Crippen LogP contribution is -2.35. The van der Waals surface area contributed by atoms with E-state index in [-0.39, 0.29) is 12.2 Å². The molecule has 0 aromatic carbocycles. The average Bonchev–Trinajstić information content (AvgIpc) is 3.54. The first kappa shape index (κ1) is 20.0. The summed E-state index contributed by atoms with van der Waals surface area (Å²) in [4.78, 5) is 27.4. The van der Waals surface area contributed by atoms with Gasteiger partial charge in [0.25, 0.3) is 5.91 Å². The van der Waals surface area contributed by atoms with Gasteiger partial charge in [-0.2, -0.15) is 11.8 Å². The Hall–Kier alpha value is -2.98. The van der Waals surface area contributed by atoms with E-state index in [9.17, 15) is 9.90 Å². The summed E-state index contributed by atoms with van der Waals surface area (Å²) in [5.74, 6) is 2.54. The van der Waals surface area contributed by atoms with Crippen LogP contribution in [0.1, 0.15) is 18.6 Å². The number of likely N-dealkylation sites (N-methyl/N-ethyl adjacent to an activating group) is 1. The van der Waals surface area contributed by atoms with E-state index < -0.39 is 11.5 Å². The summed E-state index contributed by atoms with van der Waals surface area (Å²) < 4.78 is 5.34. The van der Waals surface area contributed by atoms with Crippen molar-refractivity contribution in [3.8, 4) is 22.8 Å². The summed E-state index contributed by atoms with van der Waals surface area (Å²) >= 11 is 1.92. The number of rotatable bonds is 5. The molecule has 3 aromatic heterocycles. The van der Waals surface area contributed by atoms with Gasteiger partial charge < -0.3 is 19.8 Å². The van der Waals surface area contributed by atoms with Gasteiger partial charge in [0.1, 0.15) is 5.69 Å². The van der Waals surface area contributed by atoms with E-state index in [0.29, 0.717) is 41.3 Å². The first-order valence-electron chi connectivity index (χ1n) is 10.1. The number of amides is 1. The first-order chi connectivity index (χ1) is 15.0. The summed E-state index contributed by atoms with van der Waals surface area (Å²) in [7, 11) is 1.65. The third-order valence-electron chi connectivity index (χ3n) is 5.62. The molecule has 0 unspecified atom stereocenters. The zero-order chi connectivity index (χ0) is 21.4. The number of nitrogens with zero attached hydrogens (tertiary/aromatic N) is 5. The van der Waals surface area contributed by atoms with Gasteiger partial charge in [0.05, 0.1) is 17.1 Å². The van der Waals surface area contributed by atoms with Gasteiger partial charge in [-0.25, -0.2) is 15.0 Å². The first-order valence-corrected chi connectivity index (χ1v) is 11.3. The summed E-state index contributed by atoms with van der Waals surface area (Å²) in [6.45, 7) is 0.461. The summed E-state index contributed by atoms with van der Waals surface area (Å²) in [6.07, 6.45) is 3.08. The Morgan fingerprint density at radius 3 is 2.77 bits per heavy atom. The predicted octanol–water partition coefficient (Wildman–Crippen LogP) is 2.16. The Balaban J connectivity index is 1.40. The minimum atomic E-state index is -1.68. The minimum absolute atomic E-state index is 0.131. The molecule has 2 atom stereocenters. The Bertz CT molecular complexity index is 1120. The van der Waals surface area contributed by atoms with Crippen molar-refractivity contribution in [2.75, 3.05) is 30.4 Å². The van der Waals surface area contributed by atoms with Gasteiger partial charge in [0, 0.05) is 44.1 Å². The van der Waals surface area contributed by atoms with Crippen LogP contribution in [0.5, 0.6) is 0 Å². The highest BCUT2D eigenvalue weighted by Gasteiger charge is 2.48. The highest BCUT2D eigenvalue weighted by molar-refractivity contribution is 7.99. The van der Waals surface area contributed by atoms with Crippen LogP contribution < -0.4 is 5.32 Å². The zero-order valence-electron chi connectivity index (χ0n) is 17.0.